The molecule has 1 N–H and O–H groups in total. The van der Waals surface area contributed by atoms with Gasteiger partial charge >= 0.3 is 0 Å². The average Bonchev–Trinajstić information content (AvgIpc) is 2.75. The Morgan fingerprint density at radius 1 is 1.00 bits per heavy atom. The van der Waals surface area contributed by atoms with Crippen molar-refractivity contribution < 1.29 is 9.53 Å². The minimum atomic E-state index is -0.0878. The molecule has 0 saturated carbocycles. The van der Waals surface area contributed by atoms with Gasteiger partial charge in [-0.15, -0.1) is 0 Å². The van der Waals surface area contributed by atoms with Crippen LogP contribution in [0.4, 0.5) is 0 Å². The highest BCUT2D eigenvalue weighted by Crippen LogP contribution is 2.28. The lowest BCUT2D eigenvalue weighted by molar-refractivity contribution is 0.0165. The first-order valence-electron chi connectivity index (χ1n) is 9.55. The zero-order chi connectivity index (χ0) is 19.3. The van der Waals surface area contributed by atoms with Crippen LogP contribution in [0.25, 0.3) is 10.8 Å². The van der Waals surface area contributed by atoms with Crippen molar-refractivity contribution in [1.82, 2.24) is 10.2 Å². The maximum absolute atomic E-state index is 12.6. The molecule has 0 spiro atoms. The smallest absolute Gasteiger partial charge is 0.251 e. The molecular weight excluding hydrogens is 372 g/mol. The summed E-state index contributed by atoms with van der Waals surface area (Å²) in [6, 6.07) is 21.8. The fourth-order valence-corrected chi connectivity index (χ4v) is 3.88. The zero-order valence-electron chi connectivity index (χ0n) is 15.6. The second-order valence-corrected chi connectivity index (χ2v) is 7.39. The molecule has 4 rings (SSSR count). The number of rotatable bonds is 5. The Morgan fingerprint density at radius 2 is 1.71 bits per heavy atom. The monoisotopic (exact) mass is 394 g/mol. The third-order valence-corrected chi connectivity index (χ3v) is 5.48. The second kappa shape index (κ2) is 8.74. The van der Waals surface area contributed by atoms with Crippen LogP contribution in [0.5, 0.6) is 0 Å². The van der Waals surface area contributed by atoms with Crippen molar-refractivity contribution >= 4 is 28.3 Å². The minimum Gasteiger partial charge on any atom is -0.379 e. The van der Waals surface area contributed by atoms with Gasteiger partial charge in [-0.05, 0) is 40.6 Å². The molecule has 0 radical (unpaired) electrons. The first-order valence-corrected chi connectivity index (χ1v) is 9.93. The summed E-state index contributed by atoms with van der Waals surface area (Å²) in [5.41, 5.74) is 1.85. The molecule has 1 heterocycles. The van der Waals surface area contributed by atoms with E-state index in [1.54, 1.807) is 24.3 Å². The first-order chi connectivity index (χ1) is 13.7. The molecule has 4 nitrogen and oxygen atoms in total. The Kier molecular flexibility index (Phi) is 5.91. The molecule has 1 saturated heterocycles. The highest BCUT2D eigenvalue weighted by Gasteiger charge is 2.24. The molecule has 0 aromatic heterocycles. The van der Waals surface area contributed by atoms with E-state index in [4.69, 9.17) is 16.3 Å². The quantitative estimate of drug-likeness (QED) is 0.701. The largest absolute Gasteiger partial charge is 0.379 e. The van der Waals surface area contributed by atoms with E-state index in [2.05, 4.69) is 52.7 Å². The van der Waals surface area contributed by atoms with Crippen LogP contribution in [0.15, 0.2) is 66.7 Å². The van der Waals surface area contributed by atoms with Crippen LogP contribution in [0.1, 0.15) is 22.0 Å². The Morgan fingerprint density at radius 3 is 2.50 bits per heavy atom. The van der Waals surface area contributed by atoms with Crippen LogP contribution in [0.2, 0.25) is 5.02 Å². The molecule has 3 aromatic carbocycles. The van der Waals surface area contributed by atoms with E-state index in [0.29, 0.717) is 30.3 Å². The molecule has 1 aliphatic rings. The van der Waals surface area contributed by atoms with Gasteiger partial charge < -0.3 is 10.1 Å². The van der Waals surface area contributed by atoms with Crippen LogP contribution >= 0.6 is 11.6 Å². The van der Waals surface area contributed by atoms with E-state index >= 15 is 0 Å². The number of morpholine rings is 1. The van der Waals surface area contributed by atoms with Crippen molar-refractivity contribution in [1.29, 1.82) is 0 Å². The van der Waals surface area contributed by atoms with E-state index in [9.17, 15) is 4.79 Å². The Bertz CT molecular complexity index is 947. The summed E-state index contributed by atoms with van der Waals surface area (Å²) < 4.78 is 5.54. The third-order valence-electron chi connectivity index (χ3n) is 5.23. The molecule has 1 atom stereocenters. The van der Waals surface area contributed by atoms with E-state index < -0.39 is 0 Å². The summed E-state index contributed by atoms with van der Waals surface area (Å²) in [6.07, 6.45) is 0. The van der Waals surface area contributed by atoms with Crippen LogP contribution in [0, 0.1) is 0 Å². The summed E-state index contributed by atoms with van der Waals surface area (Å²) in [7, 11) is 0. The summed E-state index contributed by atoms with van der Waals surface area (Å²) >= 11 is 5.93. The van der Waals surface area contributed by atoms with Crippen LogP contribution < -0.4 is 5.32 Å². The third kappa shape index (κ3) is 4.20. The predicted molar refractivity (Wildman–Crippen MR) is 113 cm³/mol. The van der Waals surface area contributed by atoms with Crippen molar-refractivity contribution in [2.75, 3.05) is 32.8 Å². The van der Waals surface area contributed by atoms with E-state index in [1.807, 2.05) is 0 Å². The lowest BCUT2D eigenvalue weighted by Crippen LogP contribution is -2.43. The number of nitrogens with one attached hydrogen (secondary N) is 1. The zero-order valence-corrected chi connectivity index (χ0v) is 16.4. The van der Waals surface area contributed by atoms with Crippen molar-refractivity contribution in [2.24, 2.45) is 0 Å². The maximum atomic E-state index is 12.6. The fourth-order valence-electron chi connectivity index (χ4n) is 3.76. The first kappa shape index (κ1) is 18.9. The molecule has 1 amide bonds. The van der Waals surface area contributed by atoms with Gasteiger partial charge in [-0.2, -0.15) is 0 Å². The number of carbonyl (C=O) groups excluding carboxylic acids is 1. The number of benzene rings is 3. The number of fused-ring (bicyclic) bond motifs is 1. The summed E-state index contributed by atoms with van der Waals surface area (Å²) in [5, 5.41) is 6.17. The molecule has 5 heteroatoms. The van der Waals surface area contributed by atoms with Gasteiger partial charge in [0, 0.05) is 30.2 Å². The lowest BCUT2D eigenvalue weighted by Gasteiger charge is -2.35. The molecule has 1 fully saturated rings. The van der Waals surface area contributed by atoms with Crippen LogP contribution in [-0.2, 0) is 4.74 Å². The molecule has 0 aliphatic carbocycles. The average molecular weight is 395 g/mol. The van der Waals surface area contributed by atoms with Gasteiger partial charge in [0.1, 0.15) is 0 Å². The highest BCUT2D eigenvalue weighted by atomic mass is 35.5. The molecule has 0 unspecified atom stereocenters. The van der Waals surface area contributed by atoms with Crippen LogP contribution in [-0.4, -0.2) is 43.7 Å². The van der Waals surface area contributed by atoms with Crippen molar-refractivity contribution in [2.45, 2.75) is 6.04 Å². The van der Waals surface area contributed by atoms with Gasteiger partial charge in [-0.25, -0.2) is 0 Å². The van der Waals surface area contributed by atoms with Crippen molar-refractivity contribution in [3.63, 3.8) is 0 Å². The maximum Gasteiger partial charge on any atom is 0.251 e. The summed E-state index contributed by atoms with van der Waals surface area (Å²) in [5.74, 6) is -0.0878. The topological polar surface area (TPSA) is 41.6 Å². The minimum absolute atomic E-state index is 0.0878. The number of hydrogen-bond donors (Lipinski definition) is 1. The van der Waals surface area contributed by atoms with Gasteiger partial charge in [0.05, 0.1) is 19.3 Å². The second-order valence-electron chi connectivity index (χ2n) is 6.95. The number of amides is 1. The SMILES string of the molecule is O=C(NC[C@@H](c1cccc2ccccc12)N1CCOCC1)c1ccc(Cl)cc1. The van der Waals surface area contributed by atoms with Gasteiger partial charge in [0.2, 0.25) is 0 Å². The summed E-state index contributed by atoms with van der Waals surface area (Å²) in [6.45, 7) is 3.67. The molecule has 0 bridgehead atoms. The standard InChI is InChI=1S/C23H23ClN2O2/c24-19-10-8-18(9-11-19)23(27)25-16-22(26-12-14-28-15-13-26)21-7-3-5-17-4-1-2-6-20(17)21/h1-11,22H,12-16H2,(H,25,27)/t22-/m0/s1. The number of hydrogen-bond acceptors (Lipinski definition) is 3. The van der Waals surface area contributed by atoms with Gasteiger partial charge in [-0.3, -0.25) is 9.69 Å². The number of nitrogens with zero attached hydrogens (tertiary/aromatic N) is 1. The number of halogens is 1. The molecule has 144 valence electrons. The molecule has 3 aromatic rings. The van der Waals surface area contributed by atoms with E-state index in [0.717, 1.165) is 13.1 Å². The predicted octanol–water partition coefficient (Wildman–Crippen LogP) is 4.30. The van der Waals surface area contributed by atoms with E-state index in [1.165, 1.54) is 16.3 Å². The summed E-state index contributed by atoms with van der Waals surface area (Å²) in [4.78, 5) is 15.0. The highest BCUT2D eigenvalue weighted by molar-refractivity contribution is 6.30. The number of ether oxygens (including phenoxy) is 1. The Labute approximate surface area is 170 Å². The van der Waals surface area contributed by atoms with Gasteiger partial charge in [0.25, 0.3) is 5.91 Å². The Balaban J connectivity index is 1.60. The van der Waals surface area contributed by atoms with Gasteiger partial charge in [-0.1, -0.05) is 54.1 Å². The van der Waals surface area contributed by atoms with Gasteiger partial charge in [0.15, 0.2) is 0 Å². The van der Waals surface area contributed by atoms with Crippen molar-refractivity contribution in [3.8, 4) is 0 Å². The molecule has 1 aliphatic heterocycles. The number of carbonyl (C=O) groups is 1. The Hall–Kier alpha value is -2.40. The normalized spacial score (nSPS) is 16.0. The molecular formula is C23H23ClN2O2. The van der Waals surface area contributed by atoms with E-state index in [-0.39, 0.29) is 11.9 Å². The fraction of sp³-hybridized carbons (Fsp3) is 0.261. The van der Waals surface area contributed by atoms with Crippen molar-refractivity contribution in [3.05, 3.63) is 82.9 Å². The van der Waals surface area contributed by atoms with Crippen LogP contribution in [0.3, 0.4) is 0 Å². The molecule has 28 heavy (non-hydrogen) atoms. The lowest BCUT2D eigenvalue weighted by atomic mass is 9.97.